The zero-order chi connectivity index (χ0) is 14.9. The van der Waals surface area contributed by atoms with E-state index in [4.69, 9.17) is 5.11 Å². The minimum atomic E-state index is -0.742. The molecule has 0 amide bonds. The number of hydrogen-bond acceptors (Lipinski definition) is 2. The van der Waals surface area contributed by atoms with Crippen molar-refractivity contribution in [3.05, 3.63) is 12.2 Å². The number of carbonyl (C=O) groups is 1. The van der Waals surface area contributed by atoms with Gasteiger partial charge in [0.15, 0.2) is 0 Å². The van der Waals surface area contributed by atoms with Crippen LogP contribution in [0.5, 0.6) is 0 Å². The summed E-state index contributed by atoms with van der Waals surface area (Å²) in [5.74, 6) is -1.07. The average molecular weight is 272 g/mol. The second kappa shape index (κ2) is 9.10. The molecule has 0 aromatic rings. The molecule has 0 aliphatic rings. The van der Waals surface area contributed by atoms with Crippen LogP contribution >= 0.6 is 0 Å². The van der Waals surface area contributed by atoms with Crippen LogP contribution in [-0.4, -0.2) is 54.0 Å². The minimum Gasteiger partial charge on any atom is -0.481 e. The lowest BCUT2D eigenvalue weighted by molar-refractivity contribution is -0.895. The third kappa shape index (κ3) is 8.78. The van der Waals surface area contributed by atoms with E-state index >= 15 is 0 Å². The number of rotatable bonds is 10. The Morgan fingerprint density at radius 2 is 1.84 bits per heavy atom. The number of quaternary nitrogens is 1. The zero-order valence-electron chi connectivity index (χ0n) is 12.8. The molecule has 0 aliphatic heterocycles. The number of aliphatic carboxylic acids is 1. The van der Waals surface area contributed by atoms with Crippen LogP contribution in [0.2, 0.25) is 0 Å². The summed E-state index contributed by atoms with van der Waals surface area (Å²) in [6.07, 6.45) is 7.09. The van der Waals surface area contributed by atoms with Gasteiger partial charge in [-0.1, -0.05) is 26.0 Å². The predicted molar refractivity (Wildman–Crippen MR) is 77.9 cm³/mol. The summed E-state index contributed by atoms with van der Waals surface area (Å²) in [5, 5.41) is 19.1. The maximum Gasteiger partial charge on any atom is 0.312 e. The molecule has 0 spiro atoms. The number of allylic oxidation sites excluding steroid dienone is 2. The Balaban J connectivity index is 4.19. The lowest BCUT2D eigenvalue weighted by Gasteiger charge is -2.33. The molecular weight excluding hydrogens is 242 g/mol. The number of aliphatic hydroxyl groups excluding tert-OH is 1. The van der Waals surface area contributed by atoms with Crippen molar-refractivity contribution in [2.24, 2.45) is 5.92 Å². The standard InChI is InChI=1S/C15H29NO3/c1-5-7-8-9-10-14(17)12-16(3,4)11-13(6-2)15(18)19/h7-8,13-14,17H,5-6,9-12H2,1-4H3/p+1/b8-7+. The van der Waals surface area contributed by atoms with Gasteiger partial charge >= 0.3 is 5.97 Å². The van der Waals surface area contributed by atoms with Gasteiger partial charge in [0, 0.05) is 0 Å². The van der Waals surface area contributed by atoms with Crippen LogP contribution < -0.4 is 0 Å². The molecule has 0 heterocycles. The molecule has 0 aromatic carbocycles. The Labute approximate surface area is 117 Å². The summed E-state index contributed by atoms with van der Waals surface area (Å²) in [6, 6.07) is 0. The van der Waals surface area contributed by atoms with Gasteiger partial charge in [-0.2, -0.15) is 0 Å². The zero-order valence-corrected chi connectivity index (χ0v) is 12.8. The molecule has 0 radical (unpaired) electrons. The van der Waals surface area contributed by atoms with Gasteiger partial charge in [-0.25, -0.2) is 0 Å². The summed E-state index contributed by atoms with van der Waals surface area (Å²) in [7, 11) is 3.97. The summed E-state index contributed by atoms with van der Waals surface area (Å²) < 4.78 is 0.545. The van der Waals surface area contributed by atoms with Crippen molar-refractivity contribution in [1.29, 1.82) is 0 Å². The molecule has 0 saturated heterocycles. The molecule has 2 N–H and O–H groups in total. The quantitative estimate of drug-likeness (QED) is 0.474. The maximum atomic E-state index is 11.1. The third-order valence-corrected chi connectivity index (χ3v) is 3.33. The van der Waals surface area contributed by atoms with Crippen molar-refractivity contribution in [2.75, 3.05) is 27.2 Å². The molecule has 2 unspecified atom stereocenters. The van der Waals surface area contributed by atoms with E-state index in [1.165, 1.54) is 0 Å². The van der Waals surface area contributed by atoms with Crippen LogP contribution in [0, 0.1) is 5.92 Å². The van der Waals surface area contributed by atoms with Crippen LogP contribution in [0.3, 0.4) is 0 Å². The number of aliphatic hydroxyl groups is 1. The smallest absolute Gasteiger partial charge is 0.312 e. The molecular formula is C15H30NO3+. The Kier molecular flexibility index (Phi) is 8.68. The topological polar surface area (TPSA) is 57.5 Å². The van der Waals surface area contributed by atoms with Crippen LogP contribution in [0.25, 0.3) is 0 Å². The van der Waals surface area contributed by atoms with E-state index in [2.05, 4.69) is 19.1 Å². The third-order valence-electron chi connectivity index (χ3n) is 3.33. The van der Waals surface area contributed by atoms with Gasteiger partial charge in [0.1, 0.15) is 18.6 Å². The van der Waals surface area contributed by atoms with Gasteiger partial charge in [-0.05, 0) is 25.7 Å². The van der Waals surface area contributed by atoms with Crippen LogP contribution in [0.15, 0.2) is 12.2 Å². The van der Waals surface area contributed by atoms with E-state index in [9.17, 15) is 9.90 Å². The van der Waals surface area contributed by atoms with E-state index in [-0.39, 0.29) is 12.0 Å². The first-order valence-electron chi connectivity index (χ1n) is 7.20. The molecule has 4 heteroatoms. The van der Waals surface area contributed by atoms with Gasteiger partial charge in [0.2, 0.25) is 0 Å². The van der Waals surface area contributed by atoms with Crippen molar-refractivity contribution in [3.8, 4) is 0 Å². The predicted octanol–water partition coefficient (Wildman–Crippen LogP) is 2.28. The minimum absolute atomic E-state index is 0.331. The van der Waals surface area contributed by atoms with Gasteiger partial charge in [0.05, 0.1) is 20.6 Å². The Hall–Kier alpha value is -0.870. The first-order valence-corrected chi connectivity index (χ1v) is 7.20. The first kappa shape index (κ1) is 18.1. The van der Waals surface area contributed by atoms with Crippen molar-refractivity contribution >= 4 is 5.97 Å². The highest BCUT2D eigenvalue weighted by Gasteiger charge is 2.27. The molecule has 2 atom stereocenters. The Bertz CT molecular complexity index is 287. The van der Waals surface area contributed by atoms with Crippen LogP contribution in [0.4, 0.5) is 0 Å². The summed E-state index contributed by atoms with van der Waals surface area (Å²) in [4.78, 5) is 11.1. The summed E-state index contributed by atoms with van der Waals surface area (Å²) in [5.41, 5.74) is 0. The van der Waals surface area contributed by atoms with Gasteiger partial charge < -0.3 is 14.7 Å². The number of likely N-dealkylation sites (N-methyl/N-ethyl adjacent to an activating group) is 1. The van der Waals surface area contributed by atoms with E-state index in [0.29, 0.717) is 24.0 Å². The maximum absolute atomic E-state index is 11.1. The molecule has 112 valence electrons. The van der Waals surface area contributed by atoms with Crippen molar-refractivity contribution in [3.63, 3.8) is 0 Å². The number of carboxylic acids is 1. The molecule has 0 saturated carbocycles. The first-order chi connectivity index (χ1) is 8.82. The van der Waals surface area contributed by atoms with Crippen LogP contribution in [0.1, 0.15) is 39.5 Å². The Morgan fingerprint density at radius 3 is 2.32 bits per heavy atom. The van der Waals surface area contributed by atoms with Crippen LogP contribution in [-0.2, 0) is 4.79 Å². The molecule has 0 aromatic heterocycles. The molecule has 19 heavy (non-hydrogen) atoms. The fraction of sp³-hybridized carbons (Fsp3) is 0.800. The monoisotopic (exact) mass is 272 g/mol. The number of hydrogen-bond donors (Lipinski definition) is 2. The number of carboxylic acid groups (broad SMARTS) is 1. The molecule has 0 fully saturated rings. The lowest BCUT2D eigenvalue weighted by Crippen LogP contribution is -2.49. The molecule has 0 bridgehead atoms. The fourth-order valence-corrected chi connectivity index (χ4v) is 2.29. The van der Waals surface area contributed by atoms with Crippen molar-refractivity contribution in [2.45, 2.75) is 45.6 Å². The lowest BCUT2D eigenvalue weighted by atomic mass is 10.0. The molecule has 4 nitrogen and oxygen atoms in total. The van der Waals surface area contributed by atoms with E-state index in [1.807, 2.05) is 21.0 Å². The second-order valence-corrected chi connectivity index (χ2v) is 5.86. The molecule has 0 rings (SSSR count). The fourth-order valence-electron chi connectivity index (χ4n) is 2.29. The van der Waals surface area contributed by atoms with E-state index in [0.717, 1.165) is 19.3 Å². The summed E-state index contributed by atoms with van der Waals surface area (Å²) >= 11 is 0. The highest BCUT2D eigenvalue weighted by molar-refractivity contribution is 5.69. The number of nitrogens with zero attached hydrogens (tertiary/aromatic N) is 1. The van der Waals surface area contributed by atoms with Crippen molar-refractivity contribution < 1.29 is 19.5 Å². The van der Waals surface area contributed by atoms with Gasteiger partial charge in [0.25, 0.3) is 0 Å². The van der Waals surface area contributed by atoms with Gasteiger partial charge in [-0.3, -0.25) is 4.79 Å². The summed E-state index contributed by atoms with van der Waals surface area (Å²) in [6.45, 7) is 5.14. The normalized spacial score (nSPS) is 15.6. The SMILES string of the molecule is CC/C=C/CCC(O)C[N+](C)(C)CC(CC)C(=O)O. The Morgan fingerprint density at radius 1 is 1.21 bits per heavy atom. The van der Waals surface area contributed by atoms with Gasteiger partial charge in [-0.15, -0.1) is 0 Å². The highest BCUT2D eigenvalue weighted by Crippen LogP contribution is 2.12. The largest absolute Gasteiger partial charge is 0.481 e. The van der Waals surface area contributed by atoms with E-state index in [1.54, 1.807) is 0 Å². The average Bonchev–Trinajstić information content (AvgIpc) is 2.30. The second-order valence-electron chi connectivity index (χ2n) is 5.86. The highest BCUT2D eigenvalue weighted by atomic mass is 16.4. The van der Waals surface area contributed by atoms with E-state index < -0.39 is 5.97 Å². The van der Waals surface area contributed by atoms with Crippen molar-refractivity contribution in [1.82, 2.24) is 0 Å². The molecule has 0 aliphatic carbocycles.